The van der Waals surface area contributed by atoms with E-state index in [1.54, 1.807) is 0 Å². The number of anilines is 1. The van der Waals surface area contributed by atoms with Crippen molar-refractivity contribution in [3.63, 3.8) is 0 Å². The lowest BCUT2D eigenvalue weighted by Gasteiger charge is -2.19. The number of benzene rings is 1. The fraction of sp³-hybridized carbons (Fsp3) is 0.412. The van der Waals surface area contributed by atoms with Crippen molar-refractivity contribution in [2.24, 2.45) is 0 Å². The first-order valence-corrected chi connectivity index (χ1v) is 8.16. The molecule has 0 atom stereocenters. The molecule has 0 aliphatic carbocycles. The van der Waals surface area contributed by atoms with Crippen LogP contribution >= 0.6 is 0 Å². The molecule has 3 rings (SSSR count). The molecular weight excluding hydrogens is 320 g/mol. The van der Waals surface area contributed by atoms with Crippen LogP contribution in [0.1, 0.15) is 26.6 Å². The molecule has 0 radical (unpaired) electrons. The first kappa shape index (κ1) is 16.9. The average molecular weight is 342 g/mol. The monoisotopic (exact) mass is 342 g/mol. The van der Waals surface area contributed by atoms with Gasteiger partial charge in [-0.2, -0.15) is 0 Å². The molecule has 0 unspecified atom stereocenters. The van der Waals surface area contributed by atoms with E-state index in [1.807, 2.05) is 56.4 Å². The Kier molecular flexibility index (Phi) is 4.43. The molecule has 2 heterocycles. The third-order valence-corrected chi connectivity index (χ3v) is 3.48. The highest BCUT2D eigenvalue weighted by atomic mass is 16.6. The lowest BCUT2D eigenvalue weighted by atomic mass is 10.2. The Labute approximate surface area is 145 Å². The summed E-state index contributed by atoms with van der Waals surface area (Å²) in [5.41, 5.74) is 1.95. The van der Waals surface area contributed by atoms with Gasteiger partial charge in [-0.15, -0.1) is 10.2 Å². The van der Waals surface area contributed by atoms with E-state index < -0.39 is 11.7 Å². The highest BCUT2D eigenvalue weighted by Gasteiger charge is 2.16. The third kappa shape index (κ3) is 3.78. The zero-order valence-electron chi connectivity index (χ0n) is 14.8. The Morgan fingerprint density at radius 1 is 1.20 bits per heavy atom. The number of nitrogens with one attached hydrogen (secondary N) is 2. The Balaban J connectivity index is 1.72. The Morgan fingerprint density at radius 3 is 2.72 bits per heavy atom. The molecule has 0 saturated heterocycles. The largest absolute Gasteiger partial charge is 0.444 e. The molecule has 0 aliphatic rings. The zero-order chi connectivity index (χ0) is 18.0. The maximum Gasteiger partial charge on any atom is 0.407 e. The smallest absolute Gasteiger partial charge is 0.407 e. The van der Waals surface area contributed by atoms with Gasteiger partial charge in [0.2, 0.25) is 5.65 Å². The van der Waals surface area contributed by atoms with Gasteiger partial charge in [0.1, 0.15) is 11.4 Å². The van der Waals surface area contributed by atoms with Gasteiger partial charge in [0.05, 0.1) is 11.0 Å². The lowest BCUT2D eigenvalue weighted by molar-refractivity contribution is 0.0530. The van der Waals surface area contributed by atoms with Crippen molar-refractivity contribution < 1.29 is 9.53 Å². The van der Waals surface area contributed by atoms with Crippen LogP contribution in [0.5, 0.6) is 0 Å². The predicted octanol–water partition coefficient (Wildman–Crippen LogP) is 2.52. The van der Waals surface area contributed by atoms with Crippen molar-refractivity contribution >= 4 is 28.6 Å². The van der Waals surface area contributed by atoms with Crippen LogP contribution in [0.4, 0.5) is 10.6 Å². The second kappa shape index (κ2) is 6.54. The number of ether oxygens (including phenoxy) is 1. The van der Waals surface area contributed by atoms with E-state index in [2.05, 4.69) is 25.8 Å². The van der Waals surface area contributed by atoms with Gasteiger partial charge in [-0.3, -0.25) is 4.40 Å². The minimum Gasteiger partial charge on any atom is -0.444 e. The second-order valence-electron chi connectivity index (χ2n) is 6.71. The van der Waals surface area contributed by atoms with Crippen LogP contribution in [0.25, 0.3) is 16.7 Å². The van der Waals surface area contributed by atoms with E-state index in [-0.39, 0.29) is 0 Å². The minimum absolute atomic E-state index is 0.405. The van der Waals surface area contributed by atoms with E-state index in [9.17, 15) is 4.79 Å². The molecule has 3 aromatic rings. The number of amides is 1. The second-order valence-corrected chi connectivity index (χ2v) is 6.71. The molecule has 0 fully saturated rings. The number of aromatic nitrogens is 4. The van der Waals surface area contributed by atoms with Gasteiger partial charge in [0.15, 0.2) is 5.82 Å². The van der Waals surface area contributed by atoms with Crippen LogP contribution in [-0.2, 0) is 4.74 Å². The molecular formula is C17H22N6O2. The molecule has 132 valence electrons. The number of alkyl carbamates (subject to hydrolysis) is 1. The molecule has 0 spiro atoms. The first-order chi connectivity index (χ1) is 11.8. The number of carbonyl (C=O) groups excluding carboxylic acids is 1. The van der Waals surface area contributed by atoms with Crippen molar-refractivity contribution in [2.45, 2.75) is 33.3 Å². The van der Waals surface area contributed by atoms with Gasteiger partial charge in [0, 0.05) is 13.1 Å². The van der Waals surface area contributed by atoms with Gasteiger partial charge in [-0.25, -0.2) is 9.78 Å². The number of hydrogen-bond donors (Lipinski definition) is 2. The first-order valence-electron chi connectivity index (χ1n) is 8.16. The van der Waals surface area contributed by atoms with Gasteiger partial charge < -0.3 is 15.4 Å². The summed E-state index contributed by atoms with van der Waals surface area (Å²) in [6, 6.07) is 7.83. The fourth-order valence-electron chi connectivity index (χ4n) is 2.50. The maximum atomic E-state index is 11.7. The topological polar surface area (TPSA) is 93.4 Å². The predicted molar refractivity (Wildman–Crippen MR) is 95.8 cm³/mol. The van der Waals surface area contributed by atoms with Gasteiger partial charge in [-0.1, -0.05) is 12.1 Å². The third-order valence-electron chi connectivity index (χ3n) is 3.48. The molecule has 0 saturated carbocycles. The highest BCUT2D eigenvalue weighted by molar-refractivity contribution is 5.82. The summed E-state index contributed by atoms with van der Waals surface area (Å²) >= 11 is 0. The summed E-state index contributed by atoms with van der Waals surface area (Å²) in [6.07, 6.45) is -0.441. The van der Waals surface area contributed by atoms with Gasteiger partial charge >= 0.3 is 6.09 Å². The zero-order valence-corrected chi connectivity index (χ0v) is 14.8. The number of rotatable bonds is 4. The molecule has 1 aromatic carbocycles. The van der Waals surface area contributed by atoms with Crippen molar-refractivity contribution in [3.8, 4) is 0 Å². The van der Waals surface area contributed by atoms with E-state index in [0.717, 1.165) is 16.9 Å². The number of hydrogen-bond acceptors (Lipinski definition) is 6. The summed E-state index contributed by atoms with van der Waals surface area (Å²) in [5.74, 6) is 1.42. The van der Waals surface area contributed by atoms with Crippen molar-refractivity contribution in [2.75, 3.05) is 18.4 Å². The minimum atomic E-state index is -0.511. The standard InChI is InChI=1S/C17H22N6O2/c1-11-21-22-15-14(18-9-10-19-16(24)25-17(2,3)4)20-12-7-5-6-8-13(12)23(11)15/h5-8H,9-10H2,1-4H3,(H,18,20)(H,19,24). The summed E-state index contributed by atoms with van der Waals surface area (Å²) in [4.78, 5) is 16.3. The molecule has 2 N–H and O–H groups in total. The molecule has 8 heteroatoms. The van der Waals surface area contributed by atoms with Crippen molar-refractivity contribution in [1.29, 1.82) is 0 Å². The van der Waals surface area contributed by atoms with E-state index in [0.29, 0.717) is 24.6 Å². The van der Waals surface area contributed by atoms with Crippen LogP contribution < -0.4 is 10.6 Å². The highest BCUT2D eigenvalue weighted by Crippen LogP contribution is 2.21. The van der Waals surface area contributed by atoms with Gasteiger partial charge in [-0.05, 0) is 39.8 Å². The van der Waals surface area contributed by atoms with E-state index in [4.69, 9.17) is 4.74 Å². The quantitative estimate of drug-likeness (QED) is 0.708. The summed E-state index contributed by atoms with van der Waals surface area (Å²) < 4.78 is 7.17. The van der Waals surface area contributed by atoms with Crippen molar-refractivity contribution in [1.82, 2.24) is 24.9 Å². The molecule has 1 amide bonds. The molecule has 0 aliphatic heterocycles. The van der Waals surface area contributed by atoms with Crippen LogP contribution in [0.3, 0.4) is 0 Å². The number of para-hydroxylation sites is 2. The molecule has 0 bridgehead atoms. The maximum absolute atomic E-state index is 11.7. The molecule has 8 nitrogen and oxygen atoms in total. The SMILES string of the molecule is Cc1nnc2c(NCCNC(=O)OC(C)(C)C)nc3ccccc3n12. The van der Waals surface area contributed by atoms with Crippen LogP contribution in [0.2, 0.25) is 0 Å². The van der Waals surface area contributed by atoms with Crippen LogP contribution in [0, 0.1) is 6.92 Å². The Bertz CT molecular complexity index is 913. The normalized spacial score (nSPS) is 11.7. The van der Waals surface area contributed by atoms with Gasteiger partial charge in [0.25, 0.3) is 0 Å². The fourth-order valence-corrected chi connectivity index (χ4v) is 2.50. The van der Waals surface area contributed by atoms with Crippen LogP contribution in [-0.4, -0.2) is 44.4 Å². The summed E-state index contributed by atoms with van der Waals surface area (Å²) in [7, 11) is 0. The van der Waals surface area contributed by atoms with E-state index >= 15 is 0 Å². The number of carbonyl (C=O) groups is 1. The van der Waals surface area contributed by atoms with Crippen molar-refractivity contribution in [3.05, 3.63) is 30.1 Å². The Hall–Kier alpha value is -2.90. The Morgan fingerprint density at radius 2 is 1.96 bits per heavy atom. The molecule has 2 aromatic heterocycles. The summed E-state index contributed by atoms with van der Waals surface area (Å²) in [6.45, 7) is 8.28. The number of aryl methyl sites for hydroxylation is 1. The number of nitrogens with zero attached hydrogens (tertiary/aromatic N) is 4. The average Bonchev–Trinajstić information content (AvgIpc) is 2.92. The van der Waals surface area contributed by atoms with E-state index in [1.165, 1.54) is 0 Å². The van der Waals surface area contributed by atoms with Crippen LogP contribution in [0.15, 0.2) is 24.3 Å². The number of fused-ring (bicyclic) bond motifs is 3. The lowest BCUT2D eigenvalue weighted by Crippen LogP contribution is -2.35. The molecule has 25 heavy (non-hydrogen) atoms. The summed E-state index contributed by atoms with van der Waals surface area (Å²) in [5, 5.41) is 14.3.